The van der Waals surface area contributed by atoms with Gasteiger partial charge in [-0.1, -0.05) is 34.5 Å². The van der Waals surface area contributed by atoms with Crippen LogP contribution >= 0.6 is 15.9 Å². The smallest absolute Gasteiger partial charge is 0.154 e. The van der Waals surface area contributed by atoms with Gasteiger partial charge in [0.2, 0.25) is 0 Å². The van der Waals surface area contributed by atoms with E-state index in [1.807, 2.05) is 12.1 Å². The van der Waals surface area contributed by atoms with Crippen molar-refractivity contribution >= 4 is 25.8 Å². The highest BCUT2D eigenvalue weighted by Crippen LogP contribution is 2.41. The summed E-state index contributed by atoms with van der Waals surface area (Å²) in [7, 11) is -2.99. The third-order valence-corrected chi connectivity index (χ3v) is 8.17. The highest BCUT2D eigenvalue weighted by atomic mass is 79.9. The first kappa shape index (κ1) is 15.3. The van der Waals surface area contributed by atoms with E-state index in [0.717, 1.165) is 37.0 Å². The second-order valence-corrected chi connectivity index (χ2v) is 10.0. The molecule has 0 spiro atoms. The van der Waals surface area contributed by atoms with E-state index < -0.39 is 9.84 Å². The van der Waals surface area contributed by atoms with Gasteiger partial charge in [-0.2, -0.15) is 0 Å². The monoisotopic (exact) mass is 372 g/mol. The second kappa shape index (κ2) is 5.27. The zero-order valence-corrected chi connectivity index (χ0v) is 14.8. The molecular weight excluding hydrogens is 352 g/mol. The van der Waals surface area contributed by atoms with Crippen LogP contribution in [0.25, 0.3) is 0 Å². The van der Waals surface area contributed by atoms with Gasteiger partial charge in [-0.25, -0.2) is 8.42 Å². The number of alkyl halides is 1. The van der Waals surface area contributed by atoms with Crippen molar-refractivity contribution in [1.29, 1.82) is 0 Å². The molecule has 5 heteroatoms. The minimum Gasteiger partial charge on any atom is -0.487 e. The highest BCUT2D eigenvalue weighted by molar-refractivity contribution is 9.09. The molecule has 3 nitrogen and oxygen atoms in total. The van der Waals surface area contributed by atoms with E-state index in [-0.39, 0.29) is 15.7 Å². The molecule has 0 radical (unpaired) electrons. The molecule has 1 aromatic carbocycles. The lowest BCUT2D eigenvalue weighted by molar-refractivity contribution is 0.138. The Hall–Kier alpha value is -0.550. The number of ether oxygens (including phenoxy) is 1. The lowest BCUT2D eigenvalue weighted by atomic mass is 9.98. The summed E-state index contributed by atoms with van der Waals surface area (Å²) in [6.07, 6.45) is 3.41. The fourth-order valence-corrected chi connectivity index (χ4v) is 6.82. The van der Waals surface area contributed by atoms with Gasteiger partial charge in [-0.3, -0.25) is 0 Å². The molecule has 1 fully saturated rings. The minimum atomic E-state index is -2.99. The molecule has 0 aliphatic carbocycles. The maximum atomic E-state index is 12.3. The summed E-state index contributed by atoms with van der Waals surface area (Å²) in [5.41, 5.74) is 2.06. The van der Waals surface area contributed by atoms with Gasteiger partial charge in [0.25, 0.3) is 0 Å². The van der Waals surface area contributed by atoms with Gasteiger partial charge in [0, 0.05) is 6.42 Å². The van der Waals surface area contributed by atoms with E-state index in [2.05, 4.69) is 35.8 Å². The number of halogens is 1. The van der Waals surface area contributed by atoms with Crippen LogP contribution in [0.4, 0.5) is 0 Å². The summed E-state index contributed by atoms with van der Waals surface area (Å²) >= 11 is 3.64. The molecule has 0 saturated carbocycles. The first-order chi connectivity index (χ1) is 9.78. The van der Waals surface area contributed by atoms with E-state index >= 15 is 0 Å². The molecule has 2 atom stereocenters. The van der Waals surface area contributed by atoms with E-state index in [1.165, 1.54) is 5.56 Å². The summed E-state index contributed by atoms with van der Waals surface area (Å²) in [4.78, 5) is -0.128. The van der Waals surface area contributed by atoms with Gasteiger partial charge in [-0.05, 0) is 43.9 Å². The van der Waals surface area contributed by atoms with Crippen LogP contribution in [0.1, 0.15) is 49.1 Å². The molecule has 0 aromatic heterocycles. The van der Waals surface area contributed by atoms with Crippen molar-refractivity contribution in [2.24, 2.45) is 0 Å². The lowest BCUT2D eigenvalue weighted by Crippen LogP contribution is -2.31. The molecular formula is C16H21BrO3S. The highest BCUT2D eigenvalue weighted by Gasteiger charge is 2.36. The zero-order valence-electron chi connectivity index (χ0n) is 12.4. The number of hydrogen-bond acceptors (Lipinski definition) is 3. The first-order valence-corrected chi connectivity index (χ1v) is 10.1. The Kier molecular flexibility index (Phi) is 3.85. The number of benzene rings is 1. The molecule has 2 aliphatic rings. The Morgan fingerprint density at radius 3 is 2.81 bits per heavy atom. The second-order valence-electron chi connectivity index (χ2n) is 6.71. The zero-order chi connectivity index (χ0) is 15.3. The predicted octanol–water partition coefficient (Wildman–Crippen LogP) is 3.80. The molecule has 2 heterocycles. The normalized spacial score (nSPS) is 27.7. The van der Waals surface area contributed by atoms with Crippen molar-refractivity contribution in [1.82, 2.24) is 0 Å². The summed E-state index contributed by atoms with van der Waals surface area (Å²) in [5.74, 6) is 1.25. The molecule has 0 amide bonds. The summed E-state index contributed by atoms with van der Waals surface area (Å²) in [5, 5.41) is -0.306. The predicted molar refractivity (Wildman–Crippen MR) is 87.9 cm³/mol. The van der Waals surface area contributed by atoms with E-state index in [0.29, 0.717) is 5.75 Å². The number of hydrogen-bond donors (Lipinski definition) is 0. The van der Waals surface area contributed by atoms with Gasteiger partial charge in [0.1, 0.15) is 11.4 Å². The average Bonchev–Trinajstić information content (AvgIpc) is 2.70. The Morgan fingerprint density at radius 2 is 2.10 bits per heavy atom. The Bertz CT molecular complexity index is 651. The van der Waals surface area contributed by atoms with Crippen molar-refractivity contribution in [3.05, 3.63) is 29.3 Å². The van der Waals surface area contributed by atoms with E-state index in [4.69, 9.17) is 4.74 Å². The molecule has 2 unspecified atom stereocenters. The number of rotatable bonds is 2. The molecule has 2 aliphatic heterocycles. The molecule has 1 saturated heterocycles. The number of sulfone groups is 1. The van der Waals surface area contributed by atoms with Crippen molar-refractivity contribution < 1.29 is 13.2 Å². The summed E-state index contributed by atoms with van der Waals surface area (Å²) in [6, 6.07) is 6.07. The van der Waals surface area contributed by atoms with Gasteiger partial charge in [-0.15, -0.1) is 0 Å². The standard InChI is InChI=1S/C16H21BrO3S/c1-16(2)10-12-9-11(6-7-13(12)20-16)15(17)14-5-3-4-8-21(14,18)19/h6-7,9,14-15H,3-5,8,10H2,1-2H3. The maximum absolute atomic E-state index is 12.3. The van der Waals surface area contributed by atoms with Crippen LogP contribution in [0, 0.1) is 0 Å². The summed E-state index contributed by atoms with van der Waals surface area (Å²) < 4.78 is 30.4. The van der Waals surface area contributed by atoms with Crippen molar-refractivity contribution in [2.45, 2.75) is 55.2 Å². The Labute approximate surface area is 135 Å². The molecule has 1 aromatic rings. The van der Waals surface area contributed by atoms with E-state index in [9.17, 15) is 8.42 Å². The maximum Gasteiger partial charge on any atom is 0.154 e. The molecule has 0 bridgehead atoms. The van der Waals surface area contributed by atoms with Gasteiger partial charge in [0.15, 0.2) is 9.84 Å². The van der Waals surface area contributed by atoms with Crippen LogP contribution in [0.5, 0.6) is 5.75 Å². The molecule has 21 heavy (non-hydrogen) atoms. The molecule has 116 valence electrons. The molecule has 0 N–H and O–H groups in total. The Morgan fingerprint density at radius 1 is 1.33 bits per heavy atom. The van der Waals surface area contributed by atoms with Crippen LogP contribution in [-0.2, 0) is 16.3 Å². The van der Waals surface area contributed by atoms with E-state index in [1.54, 1.807) is 0 Å². The lowest BCUT2D eigenvalue weighted by Gasteiger charge is -2.27. The van der Waals surface area contributed by atoms with Crippen LogP contribution in [-0.4, -0.2) is 25.0 Å². The van der Waals surface area contributed by atoms with Crippen molar-refractivity contribution in [2.75, 3.05) is 5.75 Å². The van der Waals surface area contributed by atoms with Gasteiger partial charge in [0.05, 0.1) is 15.8 Å². The average molecular weight is 373 g/mol. The number of fused-ring (bicyclic) bond motifs is 1. The van der Waals surface area contributed by atoms with Crippen molar-refractivity contribution in [3.8, 4) is 5.75 Å². The fraction of sp³-hybridized carbons (Fsp3) is 0.625. The first-order valence-electron chi connectivity index (χ1n) is 7.46. The van der Waals surface area contributed by atoms with Gasteiger partial charge < -0.3 is 4.74 Å². The third-order valence-electron chi connectivity index (χ3n) is 4.36. The quantitative estimate of drug-likeness (QED) is 0.741. The third kappa shape index (κ3) is 3.00. The van der Waals surface area contributed by atoms with Crippen molar-refractivity contribution in [3.63, 3.8) is 0 Å². The Balaban J connectivity index is 1.88. The fourth-order valence-electron chi connectivity index (χ4n) is 3.32. The largest absolute Gasteiger partial charge is 0.487 e. The SMILES string of the molecule is CC1(C)Cc2cc(C(Br)C3CCCCS3(=O)=O)ccc2O1. The summed E-state index contributed by atoms with van der Waals surface area (Å²) in [6.45, 7) is 4.15. The topological polar surface area (TPSA) is 43.4 Å². The minimum absolute atomic E-state index is 0.128. The van der Waals surface area contributed by atoms with Crippen LogP contribution in [0.3, 0.4) is 0 Å². The van der Waals surface area contributed by atoms with Crippen LogP contribution < -0.4 is 4.74 Å². The molecule has 3 rings (SSSR count). The van der Waals surface area contributed by atoms with Crippen LogP contribution in [0.15, 0.2) is 18.2 Å². The van der Waals surface area contributed by atoms with Gasteiger partial charge >= 0.3 is 0 Å². The van der Waals surface area contributed by atoms with Crippen LogP contribution in [0.2, 0.25) is 0 Å².